The number of benzene rings is 1. The van der Waals surface area contributed by atoms with Gasteiger partial charge >= 0.3 is 5.97 Å². The summed E-state index contributed by atoms with van der Waals surface area (Å²) < 4.78 is 2.00. The third-order valence-corrected chi connectivity index (χ3v) is 4.16. The molecule has 106 valence electrons. The van der Waals surface area contributed by atoms with E-state index in [9.17, 15) is 9.90 Å². The Morgan fingerprint density at radius 2 is 2.35 bits per heavy atom. The number of rotatable bonds is 3. The van der Waals surface area contributed by atoms with Crippen molar-refractivity contribution in [2.75, 3.05) is 6.54 Å². The van der Waals surface area contributed by atoms with E-state index in [4.69, 9.17) is 11.6 Å². The van der Waals surface area contributed by atoms with Crippen LogP contribution in [0.1, 0.15) is 18.7 Å². The van der Waals surface area contributed by atoms with Gasteiger partial charge in [0.2, 0.25) is 0 Å². The van der Waals surface area contributed by atoms with E-state index in [-0.39, 0.29) is 0 Å². The van der Waals surface area contributed by atoms with Crippen LogP contribution in [0.25, 0.3) is 11.0 Å². The quantitative estimate of drug-likeness (QED) is 0.943. The molecule has 0 amide bonds. The summed E-state index contributed by atoms with van der Waals surface area (Å²) in [5, 5.41) is 9.88. The van der Waals surface area contributed by atoms with Crippen LogP contribution < -0.4 is 0 Å². The Balaban J connectivity index is 1.91. The van der Waals surface area contributed by atoms with E-state index >= 15 is 0 Å². The van der Waals surface area contributed by atoms with E-state index in [0.29, 0.717) is 18.0 Å². The summed E-state index contributed by atoms with van der Waals surface area (Å²) in [5.74, 6) is 0.125. The predicted octanol–water partition coefficient (Wildman–Crippen LogP) is 2.28. The molecule has 0 bridgehead atoms. The van der Waals surface area contributed by atoms with Crippen molar-refractivity contribution in [1.29, 1.82) is 0 Å². The lowest BCUT2D eigenvalue weighted by atomic mass is 10.2. The zero-order valence-electron chi connectivity index (χ0n) is 11.2. The van der Waals surface area contributed by atoms with Gasteiger partial charge in [-0.15, -0.1) is 0 Å². The Hall–Kier alpha value is -1.59. The van der Waals surface area contributed by atoms with Crippen molar-refractivity contribution in [3.05, 3.63) is 29.0 Å². The molecule has 1 aliphatic rings. The molecule has 0 radical (unpaired) electrons. The van der Waals surface area contributed by atoms with Crippen LogP contribution in [-0.2, 0) is 18.4 Å². The standard InChI is InChI=1S/C14H16ClN3O2/c1-17-11-5-4-9(15)7-10(11)16-13(17)8-18-6-2-3-12(18)14(19)20/h4-5,7,12H,2-3,6,8H2,1H3,(H,19,20). The molecule has 1 atom stereocenters. The highest BCUT2D eigenvalue weighted by molar-refractivity contribution is 6.31. The predicted molar refractivity (Wildman–Crippen MR) is 76.8 cm³/mol. The zero-order chi connectivity index (χ0) is 14.3. The van der Waals surface area contributed by atoms with E-state index in [1.165, 1.54) is 0 Å². The van der Waals surface area contributed by atoms with E-state index in [2.05, 4.69) is 4.98 Å². The maximum absolute atomic E-state index is 11.2. The third kappa shape index (κ3) is 2.27. The SMILES string of the molecule is Cn1c(CN2CCCC2C(=O)O)nc2cc(Cl)ccc21. The van der Waals surface area contributed by atoms with Gasteiger partial charge in [-0.25, -0.2) is 4.98 Å². The van der Waals surface area contributed by atoms with Crippen molar-refractivity contribution in [3.8, 4) is 0 Å². The van der Waals surface area contributed by atoms with Gasteiger partial charge in [0.05, 0.1) is 17.6 Å². The summed E-state index contributed by atoms with van der Waals surface area (Å²) in [4.78, 5) is 17.8. The Morgan fingerprint density at radius 1 is 1.55 bits per heavy atom. The molecule has 5 nitrogen and oxygen atoms in total. The van der Waals surface area contributed by atoms with Crippen molar-refractivity contribution in [1.82, 2.24) is 14.5 Å². The topological polar surface area (TPSA) is 58.4 Å². The number of fused-ring (bicyclic) bond motifs is 1. The smallest absolute Gasteiger partial charge is 0.320 e. The fourth-order valence-electron chi connectivity index (χ4n) is 2.84. The highest BCUT2D eigenvalue weighted by atomic mass is 35.5. The van der Waals surface area contributed by atoms with Gasteiger partial charge in [-0.05, 0) is 37.6 Å². The Kier molecular flexibility index (Phi) is 3.40. The summed E-state index contributed by atoms with van der Waals surface area (Å²) in [5.41, 5.74) is 1.86. The largest absolute Gasteiger partial charge is 0.480 e. The first-order valence-corrected chi connectivity index (χ1v) is 7.02. The van der Waals surface area contributed by atoms with Crippen LogP contribution in [0, 0.1) is 0 Å². The van der Waals surface area contributed by atoms with Gasteiger partial charge in [-0.2, -0.15) is 0 Å². The average Bonchev–Trinajstić information content (AvgIpc) is 2.96. The van der Waals surface area contributed by atoms with E-state index in [0.717, 1.165) is 29.8 Å². The van der Waals surface area contributed by atoms with Crippen molar-refractivity contribution in [3.63, 3.8) is 0 Å². The number of halogens is 1. The lowest BCUT2D eigenvalue weighted by molar-refractivity contribution is -0.142. The van der Waals surface area contributed by atoms with Crippen LogP contribution in [0.4, 0.5) is 0 Å². The van der Waals surface area contributed by atoms with Crippen molar-refractivity contribution in [2.45, 2.75) is 25.4 Å². The molecule has 1 fully saturated rings. The molecule has 1 aromatic carbocycles. The van der Waals surface area contributed by atoms with Crippen LogP contribution in [0.2, 0.25) is 5.02 Å². The molecule has 1 N–H and O–H groups in total. The third-order valence-electron chi connectivity index (χ3n) is 3.93. The lowest BCUT2D eigenvalue weighted by Crippen LogP contribution is -2.36. The summed E-state index contributed by atoms with van der Waals surface area (Å²) in [6.45, 7) is 1.36. The second-order valence-corrected chi connectivity index (χ2v) is 5.62. The molecule has 0 spiro atoms. The van der Waals surface area contributed by atoms with Gasteiger partial charge in [0.15, 0.2) is 0 Å². The van der Waals surface area contributed by atoms with Gasteiger partial charge in [0, 0.05) is 12.1 Å². The normalized spacial score (nSPS) is 19.8. The summed E-state index contributed by atoms with van der Waals surface area (Å²) in [6.07, 6.45) is 1.64. The Morgan fingerprint density at radius 3 is 3.10 bits per heavy atom. The molecular weight excluding hydrogens is 278 g/mol. The van der Waals surface area contributed by atoms with Crippen molar-refractivity contribution < 1.29 is 9.90 Å². The number of aryl methyl sites for hydroxylation is 1. The van der Waals surface area contributed by atoms with Crippen LogP contribution in [0.15, 0.2) is 18.2 Å². The number of aliphatic carboxylic acids is 1. The summed E-state index contributed by atoms with van der Waals surface area (Å²) >= 11 is 5.98. The number of hydrogen-bond acceptors (Lipinski definition) is 3. The molecule has 1 aliphatic heterocycles. The zero-order valence-corrected chi connectivity index (χ0v) is 12.0. The number of carboxylic acid groups (broad SMARTS) is 1. The number of hydrogen-bond donors (Lipinski definition) is 1. The Bertz CT molecular complexity index is 668. The Labute approximate surface area is 121 Å². The number of nitrogens with zero attached hydrogens (tertiary/aromatic N) is 3. The fraction of sp³-hybridized carbons (Fsp3) is 0.429. The summed E-state index contributed by atoms with van der Waals surface area (Å²) in [6, 6.07) is 5.22. The van der Waals surface area contributed by atoms with Gasteiger partial charge in [0.25, 0.3) is 0 Å². The molecule has 1 unspecified atom stereocenters. The molecule has 0 aliphatic carbocycles. The molecule has 0 saturated carbocycles. The first-order chi connectivity index (χ1) is 9.56. The van der Waals surface area contributed by atoms with Gasteiger partial charge < -0.3 is 9.67 Å². The highest BCUT2D eigenvalue weighted by Crippen LogP contribution is 2.23. The van der Waals surface area contributed by atoms with E-state index in [1.54, 1.807) is 0 Å². The van der Waals surface area contributed by atoms with Crippen LogP contribution >= 0.6 is 11.6 Å². The highest BCUT2D eigenvalue weighted by Gasteiger charge is 2.31. The van der Waals surface area contributed by atoms with Crippen LogP contribution in [-0.4, -0.2) is 38.1 Å². The second-order valence-electron chi connectivity index (χ2n) is 5.19. The molecule has 6 heteroatoms. The van der Waals surface area contributed by atoms with E-state index in [1.807, 2.05) is 34.7 Å². The number of likely N-dealkylation sites (tertiary alicyclic amines) is 1. The number of carbonyl (C=O) groups is 1. The first-order valence-electron chi connectivity index (χ1n) is 6.64. The maximum atomic E-state index is 11.2. The number of imidazole rings is 1. The minimum Gasteiger partial charge on any atom is -0.480 e. The molecule has 2 heterocycles. The monoisotopic (exact) mass is 293 g/mol. The van der Waals surface area contributed by atoms with E-state index < -0.39 is 12.0 Å². The second kappa shape index (κ2) is 5.07. The van der Waals surface area contributed by atoms with Crippen molar-refractivity contribution >= 4 is 28.6 Å². The molecule has 1 aromatic heterocycles. The van der Waals surface area contributed by atoms with Crippen LogP contribution in [0.3, 0.4) is 0 Å². The molecule has 2 aromatic rings. The number of aromatic nitrogens is 2. The lowest BCUT2D eigenvalue weighted by Gasteiger charge is -2.20. The molecular formula is C14H16ClN3O2. The van der Waals surface area contributed by atoms with Gasteiger partial charge in [0.1, 0.15) is 11.9 Å². The fourth-order valence-corrected chi connectivity index (χ4v) is 3.01. The minimum absolute atomic E-state index is 0.390. The summed E-state index contributed by atoms with van der Waals surface area (Å²) in [7, 11) is 1.95. The van der Waals surface area contributed by atoms with Gasteiger partial charge in [-0.1, -0.05) is 11.6 Å². The molecule has 1 saturated heterocycles. The number of carboxylic acids is 1. The van der Waals surface area contributed by atoms with Gasteiger partial charge in [-0.3, -0.25) is 9.69 Å². The van der Waals surface area contributed by atoms with Crippen LogP contribution in [0.5, 0.6) is 0 Å². The average molecular weight is 294 g/mol. The maximum Gasteiger partial charge on any atom is 0.320 e. The minimum atomic E-state index is -0.746. The first kappa shape index (κ1) is 13.4. The molecule has 3 rings (SSSR count). The molecule has 20 heavy (non-hydrogen) atoms. The van der Waals surface area contributed by atoms with Crippen molar-refractivity contribution in [2.24, 2.45) is 7.05 Å².